The Labute approximate surface area is 102 Å². The van der Waals surface area contributed by atoms with Gasteiger partial charge in [-0.25, -0.2) is 0 Å². The van der Waals surface area contributed by atoms with Crippen molar-refractivity contribution in [1.29, 1.82) is 0 Å². The number of hydrogen-bond acceptors (Lipinski definition) is 3. The van der Waals surface area contributed by atoms with Crippen LogP contribution >= 0.6 is 49.9 Å². The van der Waals surface area contributed by atoms with Gasteiger partial charge in [0, 0.05) is 13.6 Å². The fourth-order valence-electron chi connectivity index (χ4n) is 0.952. The summed E-state index contributed by atoms with van der Waals surface area (Å²) in [6, 6.07) is 6.13. The minimum absolute atomic E-state index is 0.964. The van der Waals surface area contributed by atoms with E-state index in [0.29, 0.717) is 0 Å². The lowest BCUT2D eigenvalue weighted by Gasteiger charge is -1.99. The molecular weight excluding hydrogens is 363 g/mol. The van der Waals surface area contributed by atoms with Gasteiger partial charge in [-0.15, -0.1) is 10.2 Å². The SMILES string of the molecule is Brc1ccc(I)c(-c2nncs2)c1. The van der Waals surface area contributed by atoms with Crippen molar-refractivity contribution < 1.29 is 0 Å². The van der Waals surface area contributed by atoms with Crippen LogP contribution in [-0.2, 0) is 0 Å². The van der Waals surface area contributed by atoms with Crippen LogP contribution in [0.15, 0.2) is 28.2 Å². The second kappa shape index (κ2) is 4.02. The normalized spacial score (nSPS) is 10.3. The quantitative estimate of drug-likeness (QED) is 0.721. The van der Waals surface area contributed by atoms with E-state index in [-0.39, 0.29) is 0 Å². The minimum atomic E-state index is 0.964. The molecule has 0 amide bonds. The Kier molecular flexibility index (Phi) is 2.95. The van der Waals surface area contributed by atoms with Gasteiger partial charge in [0.2, 0.25) is 0 Å². The number of aromatic nitrogens is 2. The van der Waals surface area contributed by atoms with Crippen LogP contribution in [0.3, 0.4) is 0 Å². The Morgan fingerprint density at radius 1 is 1.38 bits per heavy atom. The van der Waals surface area contributed by atoms with Gasteiger partial charge in [-0.05, 0) is 40.8 Å². The van der Waals surface area contributed by atoms with Gasteiger partial charge in [-0.1, -0.05) is 27.3 Å². The van der Waals surface area contributed by atoms with Crippen LogP contribution in [0.4, 0.5) is 0 Å². The molecule has 66 valence electrons. The van der Waals surface area contributed by atoms with Crippen LogP contribution in [0.25, 0.3) is 10.6 Å². The Bertz CT molecular complexity index is 416. The molecule has 2 rings (SSSR count). The van der Waals surface area contributed by atoms with Crippen LogP contribution in [-0.4, -0.2) is 10.2 Å². The molecule has 0 aliphatic carbocycles. The molecule has 1 heterocycles. The molecule has 0 unspecified atom stereocenters. The van der Waals surface area contributed by atoms with E-state index in [1.807, 2.05) is 6.07 Å². The first-order chi connectivity index (χ1) is 6.27. The van der Waals surface area contributed by atoms with E-state index >= 15 is 0 Å². The van der Waals surface area contributed by atoms with E-state index in [0.717, 1.165) is 15.0 Å². The van der Waals surface area contributed by atoms with Crippen LogP contribution in [0.2, 0.25) is 0 Å². The topological polar surface area (TPSA) is 25.8 Å². The van der Waals surface area contributed by atoms with Crippen LogP contribution in [0.1, 0.15) is 0 Å². The maximum atomic E-state index is 4.03. The molecule has 0 fully saturated rings. The summed E-state index contributed by atoms with van der Waals surface area (Å²) in [5.41, 5.74) is 2.88. The lowest BCUT2D eigenvalue weighted by Crippen LogP contribution is -1.82. The second-order valence-electron chi connectivity index (χ2n) is 2.37. The zero-order valence-corrected chi connectivity index (χ0v) is 10.9. The molecule has 2 aromatic rings. The maximum absolute atomic E-state index is 4.03. The van der Waals surface area contributed by atoms with Gasteiger partial charge >= 0.3 is 0 Å². The third-order valence-electron chi connectivity index (χ3n) is 1.52. The average Bonchev–Trinajstić information content (AvgIpc) is 2.61. The Morgan fingerprint density at radius 3 is 2.92 bits per heavy atom. The van der Waals surface area contributed by atoms with Crippen molar-refractivity contribution in [2.75, 3.05) is 0 Å². The number of nitrogens with zero attached hydrogens (tertiary/aromatic N) is 2. The highest BCUT2D eigenvalue weighted by Gasteiger charge is 2.06. The summed E-state index contributed by atoms with van der Waals surface area (Å²) >= 11 is 7.28. The smallest absolute Gasteiger partial charge is 0.147 e. The summed E-state index contributed by atoms with van der Waals surface area (Å²) in [5.74, 6) is 0. The third-order valence-corrected chi connectivity index (χ3v) is 3.68. The monoisotopic (exact) mass is 366 g/mol. The molecule has 0 radical (unpaired) electrons. The second-order valence-corrected chi connectivity index (χ2v) is 5.28. The van der Waals surface area contributed by atoms with Crippen molar-refractivity contribution in [3.63, 3.8) is 0 Å². The van der Waals surface area contributed by atoms with E-state index in [4.69, 9.17) is 0 Å². The molecule has 13 heavy (non-hydrogen) atoms. The number of rotatable bonds is 1. The fourth-order valence-corrected chi connectivity index (χ4v) is 2.67. The van der Waals surface area contributed by atoms with Crippen LogP contribution < -0.4 is 0 Å². The minimum Gasteiger partial charge on any atom is -0.147 e. The van der Waals surface area contributed by atoms with Crippen molar-refractivity contribution in [1.82, 2.24) is 10.2 Å². The van der Waals surface area contributed by atoms with E-state index in [2.05, 4.69) is 60.9 Å². The summed E-state index contributed by atoms with van der Waals surface area (Å²) in [7, 11) is 0. The molecule has 1 aromatic heterocycles. The van der Waals surface area contributed by atoms with Gasteiger partial charge in [0.15, 0.2) is 0 Å². The largest absolute Gasteiger partial charge is 0.148 e. The molecular formula is C8H4BrIN2S. The van der Waals surface area contributed by atoms with Gasteiger partial charge < -0.3 is 0 Å². The van der Waals surface area contributed by atoms with Gasteiger partial charge in [0.1, 0.15) is 10.5 Å². The third kappa shape index (κ3) is 2.08. The first-order valence-electron chi connectivity index (χ1n) is 3.49. The summed E-state index contributed by atoms with van der Waals surface area (Å²) in [6.45, 7) is 0. The molecule has 0 spiro atoms. The highest BCUT2D eigenvalue weighted by molar-refractivity contribution is 14.1. The number of hydrogen-bond donors (Lipinski definition) is 0. The van der Waals surface area contributed by atoms with E-state index in [1.165, 1.54) is 3.57 Å². The zero-order chi connectivity index (χ0) is 9.26. The van der Waals surface area contributed by atoms with Crippen LogP contribution in [0.5, 0.6) is 0 Å². The summed E-state index contributed by atoms with van der Waals surface area (Å²) < 4.78 is 2.26. The first-order valence-corrected chi connectivity index (χ1v) is 6.24. The van der Waals surface area contributed by atoms with E-state index < -0.39 is 0 Å². The fraction of sp³-hybridized carbons (Fsp3) is 0. The average molecular weight is 367 g/mol. The van der Waals surface area contributed by atoms with Gasteiger partial charge in [0.05, 0.1) is 0 Å². The number of benzene rings is 1. The molecule has 0 aliphatic rings. The molecule has 5 heteroatoms. The lowest BCUT2D eigenvalue weighted by atomic mass is 10.2. The van der Waals surface area contributed by atoms with Crippen molar-refractivity contribution >= 4 is 49.9 Å². The molecule has 2 nitrogen and oxygen atoms in total. The molecule has 0 atom stereocenters. The van der Waals surface area contributed by atoms with Crippen LogP contribution in [0, 0.1) is 3.57 Å². The van der Waals surface area contributed by atoms with E-state index in [9.17, 15) is 0 Å². The van der Waals surface area contributed by atoms with Crippen molar-refractivity contribution in [3.05, 3.63) is 31.8 Å². The predicted octanol–water partition coefficient (Wildman–Crippen LogP) is 3.57. The first kappa shape index (κ1) is 9.54. The Hall–Kier alpha value is -0.0100. The lowest BCUT2D eigenvalue weighted by molar-refractivity contribution is 1.09. The molecule has 0 aliphatic heterocycles. The summed E-state index contributed by atoms with van der Waals surface area (Å²) in [6.07, 6.45) is 0. The Balaban J connectivity index is 2.57. The van der Waals surface area contributed by atoms with Crippen molar-refractivity contribution in [2.24, 2.45) is 0 Å². The molecule has 0 saturated heterocycles. The summed E-state index contributed by atoms with van der Waals surface area (Å²) in [4.78, 5) is 0. The van der Waals surface area contributed by atoms with Gasteiger partial charge in [0.25, 0.3) is 0 Å². The highest BCUT2D eigenvalue weighted by atomic mass is 127. The zero-order valence-electron chi connectivity index (χ0n) is 6.37. The highest BCUT2D eigenvalue weighted by Crippen LogP contribution is 2.28. The maximum Gasteiger partial charge on any atom is 0.148 e. The molecule has 0 N–H and O–H groups in total. The summed E-state index contributed by atoms with van der Waals surface area (Å²) in [5, 5.41) is 8.81. The van der Waals surface area contributed by atoms with Crippen molar-refractivity contribution in [2.45, 2.75) is 0 Å². The Morgan fingerprint density at radius 2 is 2.23 bits per heavy atom. The van der Waals surface area contributed by atoms with Crippen molar-refractivity contribution in [3.8, 4) is 10.6 Å². The molecule has 1 aromatic carbocycles. The van der Waals surface area contributed by atoms with Gasteiger partial charge in [-0.3, -0.25) is 0 Å². The molecule has 0 bridgehead atoms. The van der Waals surface area contributed by atoms with Gasteiger partial charge in [-0.2, -0.15) is 0 Å². The standard InChI is InChI=1S/C8H4BrIN2S/c9-5-1-2-7(10)6(3-5)8-12-11-4-13-8/h1-4H. The van der Waals surface area contributed by atoms with E-state index in [1.54, 1.807) is 16.8 Å². The molecule has 0 saturated carbocycles. The predicted molar refractivity (Wildman–Crippen MR) is 65.8 cm³/mol. The number of halogens is 2.